The summed E-state index contributed by atoms with van der Waals surface area (Å²) in [4.78, 5) is 17.8. The Morgan fingerprint density at radius 2 is 1.42 bits per heavy atom. The maximum absolute atomic E-state index is 13.3. The normalized spacial score (nSPS) is 13.7. The summed E-state index contributed by atoms with van der Waals surface area (Å²) in [5.41, 5.74) is -1.42. The summed E-state index contributed by atoms with van der Waals surface area (Å²) in [5.74, 6) is -5.33. The Hall–Kier alpha value is -0.980. The molecule has 3 nitrogen and oxygen atoms in total. The van der Waals surface area contributed by atoms with E-state index in [1.807, 2.05) is 0 Å². The quantitative estimate of drug-likeness (QED) is 0.652. The number of aryl methyl sites for hydroxylation is 2. The van der Waals surface area contributed by atoms with E-state index in [1.165, 1.54) is 13.8 Å². The van der Waals surface area contributed by atoms with Gasteiger partial charge in [0.25, 0.3) is 0 Å². The first-order valence-corrected chi connectivity index (χ1v) is 6.52. The summed E-state index contributed by atoms with van der Waals surface area (Å²) in [5, 5.41) is -1.31. The summed E-state index contributed by atoms with van der Waals surface area (Å²) in [7, 11) is -5.25. The van der Waals surface area contributed by atoms with Crippen LogP contribution >= 0.6 is 7.60 Å². The predicted octanol–water partition coefficient (Wildman–Crippen LogP) is 2.76. The summed E-state index contributed by atoms with van der Waals surface area (Å²) in [6.45, 7) is 2.62. The van der Waals surface area contributed by atoms with Crippen LogP contribution in [0.4, 0.5) is 22.0 Å². The first-order valence-electron chi connectivity index (χ1n) is 4.91. The molecule has 1 rings (SSSR count). The lowest BCUT2D eigenvalue weighted by Crippen LogP contribution is -2.38. The van der Waals surface area contributed by atoms with Gasteiger partial charge < -0.3 is 9.79 Å². The standard InChI is InChI=1S/C10H10F5O3P/c1-5-3-7(9(11,12)10(13,14)15)8(4-6(5)2)19(16,17)18/h3-4H,1-2H3,(H2,16,17,18). The predicted molar refractivity (Wildman–Crippen MR) is 57.5 cm³/mol. The fraction of sp³-hybridized carbons (Fsp3) is 0.400. The topological polar surface area (TPSA) is 57.5 Å². The molecule has 0 amide bonds. The zero-order valence-electron chi connectivity index (χ0n) is 9.79. The van der Waals surface area contributed by atoms with Crippen molar-refractivity contribution in [3.05, 3.63) is 28.8 Å². The zero-order chi connectivity index (χ0) is 15.2. The fourth-order valence-electron chi connectivity index (χ4n) is 1.45. The molecule has 19 heavy (non-hydrogen) atoms. The van der Waals surface area contributed by atoms with Crippen molar-refractivity contribution in [1.82, 2.24) is 0 Å². The van der Waals surface area contributed by atoms with Crippen molar-refractivity contribution in [2.75, 3.05) is 0 Å². The molecule has 0 aliphatic rings. The Bertz CT molecular complexity index is 547. The van der Waals surface area contributed by atoms with Gasteiger partial charge in [-0.3, -0.25) is 4.57 Å². The molecule has 0 fully saturated rings. The molecule has 0 unspecified atom stereocenters. The van der Waals surface area contributed by atoms with Crippen LogP contribution in [0, 0.1) is 13.8 Å². The van der Waals surface area contributed by atoms with Crippen molar-refractivity contribution in [3.8, 4) is 0 Å². The Balaban J connectivity index is 3.69. The second-order valence-electron chi connectivity index (χ2n) is 4.07. The van der Waals surface area contributed by atoms with E-state index in [0.29, 0.717) is 12.1 Å². The van der Waals surface area contributed by atoms with E-state index in [2.05, 4.69) is 0 Å². The lowest BCUT2D eigenvalue weighted by atomic mass is 10.0. The van der Waals surface area contributed by atoms with Crippen LogP contribution in [0.3, 0.4) is 0 Å². The maximum atomic E-state index is 13.3. The SMILES string of the molecule is Cc1cc(C(F)(F)C(F)(F)F)c(P(=O)(O)O)cc1C. The van der Waals surface area contributed by atoms with Gasteiger partial charge in [-0.15, -0.1) is 0 Å². The first-order chi connectivity index (χ1) is 8.28. The zero-order valence-corrected chi connectivity index (χ0v) is 10.7. The highest BCUT2D eigenvalue weighted by molar-refractivity contribution is 7.60. The van der Waals surface area contributed by atoms with Gasteiger partial charge in [-0.05, 0) is 37.1 Å². The molecular formula is C10H10F5O3P. The van der Waals surface area contributed by atoms with Gasteiger partial charge in [0, 0.05) is 5.56 Å². The summed E-state index contributed by atoms with van der Waals surface area (Å²) < 4.78 is 74.6. The summed E-state index contributed by atoms with van der Waals surface area (Å²) >= 11 is 0. The van der Waals surface area contributed by atoms with Crippen LogP contribution in [-0.4, -0.2) is 16.0 Å². The van der Waals surface area contributed by atoms with Crippen LogP contribution in [0.15, 0.2) is 12.1 Å². The van der Waals surface area contributed by atoms with Crippen LogP contribution in [0.2, 0.25) is 0 Å². The molecule has 9 heteroatoms. The van der Waals surface area contributed by atoms with Crippen LogP contribution < -0.4 is 5.30 Å². The molecule has 1 aromatic carbocycles. The highest BCUT2D eigenvalue weighted by Crippen LogP contribution is 2.47. The molecule has 0 bridgehead atoms. The molecule has 0 aliphatic carbocycles. The average molecular weight is 304 g/mol. The summed E-state index contributed by atoms with van der Waals surface area (Å²) in [6, 6.07) is 1.11. The number of benzene rings is 1. The van der Waals surface area contributed by atoms with Gasteiger partial charge >= 0.3 is 19.7 Å². The van der Waals surface area contributed by atoms with E-state index in [1.54, 1.807) is 0 Å². The third kappa shape index (κ3) is 2.96. The molecule has 108 valence electrons. The maximum Gasteiger partial charge on any atom is 0.458 e. The van der Waals surface area contributed by atoms with Gasteiger partial charge in [0.15, 0.2) is 0 Å². The van der Waals surface area contributed by atoms with Crippen molar-refractivity contribution in [3.63, 3.8) is 0 Å². The lowest BCUT2D eigenvalue weighted by Gasteiger charge is -2.23. The van der Waals surface area contributed by atoms with Crippen LogP contribution in [0.1, 0.15) is 16.7 Å². The van der Waals surface area contributed by atoms with Crippen LogP contribution in [0.5, 0.6) is 0 Å². The molecular weight excluding hydrogens is 294 g/mol. The minimum atomic E-state index is -5.93. The molecule has 0 saturated carbocycles. The molecule has 0 aromatic heterocycles. The second-order valence-corrected chi connectivity index (χ2v) is 5.64. The molecule has 2 N–H and O–H groups in total. The fourth-order valence-corrected chi connectivity index (χ4v) is 2.33. The van der Waals surface area contributed by atoms with Crippen LogP contribution in [-0.2, 0) is 10.5 Å². The first kappa shape index (κ1) is 16.1. The number of halogens is 5. The molecule has 0 radical (unpaired) electrons. The Kier molecular flexibility index (Phi) is 3.84. The van der Waals surface area contributed by atoms with Gasteiger partial charge in [-0.1, -0.05) is 0 Å². The second kappa shape index (κ2) is 4.54. The van der Waals surface area contributed by atoms with Crippen molar-refractivity contribution < 1.29 is 36.3 Å². The lowest BCUT2D eigenvalue weighted by molar-refractivity contribution is -0.289. The number of rotatable bonds is 2. The van der Waals surface area contributed by atoms with E-state index in [9.17, 15) is 26.5 Å². The third-order valence-corrected chi connectivity index (χ3v) is 3.62. The highest BCUT2D eigenvalue weighted by Gasteiger charge is 2.60. The minimum absolute atomic E-state index is 0.0797. The van der Waals surface area contributed by atoms with Gasteiger partial charge in [-0.2, -0.15) is 22.0 Å². The average Bonchev–Trinajstić information content (AvgIpc) is 2.17. The van der Waals surface area contributed by atoms with E-state index < -0.39 is 30.6 Å². The molecule has 0 heterocycles. The third-order valence-electron chi connectivity index (χ3n) is 2.62. The monoisotopic (exact) mass is 304 g/mol. The van der Waals surface area contributed by atoms with Crippen molar-refractivity contribution in [1.29, 1.82) is 0 Å². The van der Waals surface area contributed by atoms with Crippen LogP contribution in [0.25, 0.3) is 0 Å². The largest absolute Gasteiger partial charge is 0.458 e. The molecule has 0 atom stereocenters. The number of hydrogen-bond donors (Lipinski definition) is 2. The highest BCUT2D eigenvalue weighted by atomic mass is 31.2. The van der Waals surface area contributed by atoms with Gasteiger partial charge in [0.2, 0.25) is 0 Å². The molecule has 0 aliphatic heterocycles. The minimum Gasteiger partial charge on any atom is -0.321 e. The van der Waals surface area contributed by atoms with E-state index in [4.69, 9.17) is 9.79 Å². The Labute approximate surface area is 105 Å². The van der Waals surface area contributed by atoms with Gasteiger partial charge in [0.1, 0.15) is 0 Å². The Morgan fingerprint density at radius 1 is 1.00 bits per heavy atom. The van der Waals surface area contributed by atoms with E-state index in [0.717, 1.165) is 0 Å². The van der Waals surface area contributed by atoms with Gasteiger partial charge in [0.05, 0.1) is 5.30 Å². The molecule has 0 spiro atoms. The van der Waals surface area contributed by atoms with Gasteiger partial charge in [-0.25, -0.2) is 0 Å². The van der Waals surface area contributed by atoms with E-state index in [-0.39, 0.29) is 11.1 Å². The molecule has 1 aromatic rings. The van der Waals surface area contributed by atoms with Crippen molar-refractivity contribution in [2.24, 2.45) is 0 Å². The van der Waals surface area contributed by atoms with E-state index >= 15 is 0 Å². The Morgan fingerprint density at radius 3 is 1.79 bits per heavy atom. The number of hydrogen-bond acceptors (Lipinski definition) is 1. The van der Waals surface area contributed by atoms with Crippen molar-refractivity contribution >= 4 is 12.9 Å². The summed E-state index contributed by atoms with van der Waals surface area (Å²) in [6.07, 6.45) is -5.93. The van der Waals surface area contributed by atoms with Crippen molar-refractivity contribution in [2.45, 2.75) is 25.9 Å². The molecule has 0 saturated heterocycles. The number of alkyl halides is 5. The smallest absolute Gasteiger partial charge is 0.321 e.